The van der Waals surface area contributed by atoms with E-state index >= 15 is 0 Å². The zero-order valence-corrected chi connectivity index (χ0v) is 14.7. The highest BCUT2D eigenvalue weighted by molar-refractivity contribution is 7.16. The number of fused-ring (bicyclic) bond motifs is 2. The number of aromatic nitrogens is 4. The lowest BCUT2D eigenvalue weighted by Gasteiger charge is -2.28. The summed E-state index contributed by atoms with van der Waals surface area (Å²) in [7, 11) is 0. The maximum Gasteiger partial charge on any atom is 0.234 e. The van der Waals surface area contributed by atoms with Crippen LogP contribution in [0.1, 0.15) is 47.1 Å². The molecule has 1 aromatic carbocycles. The first kappa shape index (κ1) is 15.0. The Labute approximate surface area is 149 Å². The van der Waals surface area contributed by atoms with Gasteiger partial charge in [0.15, 0.2) is 5.82 Å². The van der Waals surface area contributed by atoms with Gasteiger partial charge in [0.2, 0.25) is 10.9 Å². The third kappa shape index (κ3) is 2.82. The highest BCUT2D eigenvalue weighted by atomic mass is 32.1. The second-order valence-electron chi connectivity index (χ2n) is 6.86. The van der Waals surface area contributed by atoms with Crippen molar-refractivity contribution >= 4 is 22.2 Å². The standard InChI is InChI=1S/C18H19N5OS/c24-16(22-10-9-12-3-1-2-4-14(12)11-22)8-7-15-21-23-17(13-5-6-13)19-20-18(23)25-15/h1-4,13H,5-11H2. The lowest BCUT2D eigenvalue weighted by Crippen LogP contribution is -2.36. The first-order valence-corrected chi connectivity index (χ1v) is 9.65. The zero-order valence-electron chi connectivity index (χ0n) is 13.9. The first-order valence-electron chi connectivity index (χ1n) is 8.83. The van der Waals surface area contributed by atoms with Gasteiger partial charge in [-0.25, -0.2) is 0 Å². The van der Waals surface area contributed by atoms with Crippen molar-refractivity contribution in [2.75, 3.05) is 6.54 Å². The van der Waals surface area contributed by atoms with Crippen molar-refractivity contribution < 1.29 is 4.79 Å². The molecule has 5 rings (SSSR count). The number of nitrogens with zero attached hydrogens (tertiary/aromatic N) is 5. The molecule has 0 spiro atoms. The van der Waals surface area contributed by atoms with Crippen molar-refractivity contribution in [3.8, 4) is 0 Å². The molecule has 0 radical (unpaired) electrons. The van der Waals surface area contributed by atoms with E-state index in [0.717, 1.165) is 35.3 Å². The minimum atomic E-state index is 0.211. The van der Waals surface area contributed by atoms with Crippen LogP contribution in [0.2, 0.25) is 0 Å². The van der Waals surface area contributed by atoms with Crippen LogP contribution >= 0.6 is 11.3 Å². The van der Waals surface area contributed by atoms with Crippen molar-refractivity contribution in [3.05, 3.63) is 46.2 Å². The minimum Gasteiger partial charge on any atom is -0.338 e. The van der Waals surface area contributed by atoms with Gasteiger partial charge in [0.25, 0.3) is 0 Å². The van der Waals surface area contributed by atoms with E-state index in [2.05, 4.69) is 33.5 Å². The molecule has 25 heavy (non-hydrogen) atoms. The van der Waals surface area contributed by atoms with E-state index in [9.17, 15) is 4.79 Å². The highest BCUT2D eigenvalue weighted by Gasteiger charge is 2.30. The van der Waals surface area contributed by atoms with Gasteiger partial charge in [-0.15, -0.1) is 10.2 Å². The summed E-state index contributed by atoms with van der Waals surface area (Å²) in [4.78, 5) is 15.4. The summed E-state index contributed by atoms with van der Waals surface area (Å²) in [5, 5.41) is 14.0. The van der Waals surface area contributed by atoms with E-state index in [-0.39, 0.29) is 5.91 Å². The van der Waals surface area contributed by atoms with E-state index < -0.39 is 0 Å². The maximum atomic E-state index is 12.6. The Hall–Kier alpha value is -2.28. The largest absolute Gasteiger partial charge is 0.338 e. The van der Waals surface area contributed by atoms with Crippen LogP contribution in [0.4, 0.5) is 0 Å². The highest BCUT2D eigenvalue weighted by Crippen LogP contribution is 2.39. The number of rotatable bonds is 4. The Morgan fingerprint density at radius 1 is 1.20 bits per heavy atom. The molecule has 3 aromatic rings. The predicted molar refractivity (Wildman–Crippen MR) is 94.5 cm³/mol. The molecular weight excluding hydrogens is 334 g/mol. The molecule has 0 atom stereocenters. The molecule has 128 valence electrons. The zero-order chi connectivity index (χ0) is 16.8. The lowest BCUT2D eigenvalue weighted by molar-refractivity contribution is -0.132. The molecule has 2 aliphatic rings. The van der Waals surface area contributed by atoms with Gasteiger partial charge in [-0.3, -0.25) is 4.79 Å². The molecule has 2 aromatic heterocycles. The number of aryl methyl sites for hydroxylation is 1. The third-order valence-corrected chi connectivity index (χ3v) is 5.99. The molecule has 0 unspecified atom stereocenters. The molecule has 0 N–H and O–H groups in total. The van der Waals surface area contributed by atoms with Crippen molar-refractivity contribution in [2.24, 2.45) is 0 Å². The summed E-state index contributed by atoms with van der Waals surface area (Å²) < 4.78 is 1.87. The summed E-state index contributed by atoms with van der Waals surface area (Å²) in [6.07, 6.45) is 4.49. The van der Waals surface area contributed by atoms with Gasteiger partial charge >= 0.3 is 0 Å². The molecule has 0 bridgehead atoms. The Kier molecular flexibility index (Phi) is 3.55. The third-order valence-electron chi connectivity index (χ3n) is 5.04. The van der Waals surface area contributed by atoms with Crippen molar-refractivity contribution in [1.29, 1.82) is 0 Å². The number of amides is 1. The summed E-state index contributed by atoms with van der Waals surface area (Å²) in [6.45, 7) is 1.54. The van der Waals surface area contributed by atoms with E-state index in [1.165, 1.54) is 24.0 Å². The Balaban J connectivity index is 1.25. The summed E-state index contributed by atoms with van der Waals surface area (Å²) in [5.41, 5.74) is 2.64. The minimum absolute atomic E-state index is 0.211. The van der Waals surface area contributed by atoms with Gasteiger partial charge in [0, 0.05) is 31.8 Å². The van der Waals surface area contributed by atoms with E-state index in [1.54, 1.807) is 11.3 Å². The number of hydrogen-bond donors (Lipinski definition) is 0. The van der Waals surface area contributed by atoms with Crippen molar-refractivity contribution in [3.63, 3.8) is 0 Å². The van der Waals surface area contributed by atoms with Gasteiger partial charge in [-0.2, -0.15) is 9.61 Å². The summed E-state index contributed by atoms with van der Waals surface area (Å²) in [5.74, 6) is 1.72. The monoisotopic (exact) mass is 353 g/mol. The molecule has 1 amide bonds. The predicted octanol–water partition coefficient (Wildman–Crippen LogP) is 2.58. The van der Waals surface area contributed by atoms with Gasteiger partial charge in [-0.05, 0) is 30.4 Å². The summed E-state index contributed by atoms with van der Waals surface area (Å²) in [6, 6.07) is 8.40. The van der Waals surface area contributed by atoms with Crippen LogP contribution in [0.25, 0.3) is 4.96 Å². The molecule has 1 aliphatic heterocycles. The number of hydrogen-bond acceptors (Lipinski definition) is 5. The summed E-state index contributed by atoms with van der Waals surface area (Å²) >= 11 is 1.55. The van der Waals surface area contributed by atoms with Crippen LogP contribution in [0, 0.1) is 0 Å². The Morgan fingerprint density at radius 2 is 2.04 bits per heavy atom. The molecule has 6 nitrogen and oxygen atoms in total. The first-order chi connectivity index (χ1) is 12.3. The Morgan fingerprint density at radius 3 is 2.88 bits per heavy atom. The molecule has 1 saturated carbocycles. The normalized spacial score (nSPS) is 17.0. The number of carbonyl (C=O) groups excluding carboxylic acids is 1. The van der Waals surface area contributed by atoms with Crippen LogP contribution in [0.5, 0.6) is 0 Å². The van der Waals surface area contributed by atoms with Crippen LogP contribution in [-0.4, -0.2) is 37.2 Å². The average molecular weight is 353 g/mol. The number of benzene rings is 1. The van der Waals surface area contributed by atoms with E-state index in [4.69, 9.17) is 0 Å². The lowest BCUT2D eigenvalue weighted by atomic mass is 9.99. The van der Waals surface area contributed by atoms with Crippen molar-refractivity contribution in [2.45, 2.75) is 44.6 Å². The SMILES string of the molecule is O=C(CCc1nn2c(C3CC3)nnc2s1)N1CCc2ccccc2C1. The average Bonchev–Trinajstić information content (AvgIpc) is 3.28. The van der Waals surface area contributed by atoms with Crippen LogP contribution < -0.4 is 0 Å². The maximum absolute atomic E-state index is 12.6. The van der Waals surface area contributed by atoms with Gasteiger partial charge < -0.3 is 4.90 Å². The second kappa shape index (κ2) is 5.91. The fourth-order valence-corrected chi connectivity index (χ4v) is 4.29. The molecule has 0 saturated heterocycles. The Bertz CT molecular complexity index is 942. The van der Waals surface area contributed by atoms with Gasteiger partial charge in [0.1, 0.15) is 5.01 Å². The van der Waals surface area contributed by atoms with Gasteiger partial charge in [0.05, 0.1) is 0 Å². The molecule has 1 aliphatic carbocycles. The number of carbonyl (C=O) groups is 1. The van der Waals surface area contributed by atoms with Crippen LogP contribution in [-0.2, 0) is 24.2 Å². The fourth-order valence-electron chi connectivity index (χ4n) is 3.45. The van der Waals surface area contributed by atoms with Gasteiger partial charge in [-0.1, -0.05) is 35.6 Å². The molecule has 1 fully saturated rings. The van der Waals surface area contributed by atoms with E-state index in [1.807, 2.05) is 15.5 Å². The second-order valence-corrected chi connectivity index (χ2v) is 7.90. The smallest absolute Gasteiger partial charge is 0.234 e. The molecular formula is C18H19N5OS. The topological polar surface area (TPSA) is 63.4 Å². The quantitative estimate of drug-likeness (QED) is 0.723. The van der Waals surface area contributed by atoms with Crippen LogP contribution in [0.3, 0.4) is 0 Å². The molecule has 7 heteroatoms. The van der Waals surface area contributed by atoms with Crippen molar-refractivity contribution in [1.82, 2.24) is 24.7 Å². The van der Waals surface area contributed by atoms with E-state index in [0.29, 0.717) is 18.8 Å². The van der Waals surface area contributed by atoms with Crippen LogP contribution in [0.15, 0.2) is 24.3 Å². The molecule has 3 heterocycles. The fraction of sp³-hybridized carbons (Fsp3) is 0.444.